The largest absolute Gasteiger partial charge is 0.494 e. The van der Waals surface area contributed by atoms with E-state index in [4.69, 9.17) is 15.2 Å². The maximum absolute atomic E-state index is 12.2. The van der Waals surface area contributed by atoms with Gasteiger partial charge in [0.25, 0.3) is 0 Å². The van der Waals surface area contributed by atoms with Crippen molar-refractivity contribution in [3.63, 3.8) is 0 Å². The number of rotatable bonds is 7. The van der Waals surface area contributed by atoms with E-state index in [2.05, 4.69) is 24.0 Å². The molecule has 1 aromatic carbocycles. The quantitative estimate of drug-likeness (QED) is 0.415. The Morgan fingerprint density at radius 1 is 1.10 bits per heavy atom. The summed E-state index contributed by atoms with van der Waals surface area (Å²) in [5.41, 5.74) is 6.76. The van der Waals surface area contributed by atoms with Crippen molar-refractivity contribution in [1.82, 2.24) is 14.7 Å². The minimum atomic E-state index is -0.485. The van der Waals surface area contributed by atoms with Gasteiger partial charge in [-0.1, -0.05) is 12.1 Å². The van der Waals surface area contributed by atoms with Crippen molar-refractivity contribution in [2.45, 2.75) is 39.3 Å². The SMILES string of the molecule is CN(C)CCCOc1ccc(CN=C(N)N2CCN(C(=O)OC(C)(C)C)CC2)cc1. The molecule has 0 bridgehead atoms. The van der Waals surface area contributed by atoms with Gasteiger partial charge in [0.15, 0.2) is 5.96 Å². The molecule has 0 atom stereocenters. The molecule has 1 fully saturated rings. The van der Waals surface area contributed by atoms with Gasteiger partial charge in [0, 0.05) is 32.7 Å². The first-order valence-electron chi connectivity index (χ1n) is 10.5. The second-order valence-corrected chi connectivity index (χ2v) is 8.78. The Labute approximate surface area is 180 Å². The Morgan fingerprint density at radius 3 is 2.27 bits per heavy atom. The van der Waals surface area contributed by atoms with Crippen LogP contribution in [0.25, 0.3) is 0 Å². The zero-order chi connectivity index (χ0) is 22.1. The number of hydrogen-bond acceptors (Lipinski definition) is 5. The van der Waals surface area contributed by atoms with E-state index in [1.165, 1.54) is 0 Å². The Bertz CT molecular complexity index is 690. The molecule has 2 N–H and O–H groups in total. The zero-order valence-electron chi connectivity index (χ0n) is 19.1. The molecular formula is C22H37N5O3. The van der Waals surface area contributed by atoms with Crippen LogP contribution in [0.5, 0.6) is 5.75 Å². The Kier molecular flexibility index (Phi) is 8.77. The van der Waals surface area contributed by atoms with E-state index in [0.717, 1.165) is 24.3 Å². The summed E-state index contributed by atoms with van der Waals surface area (Å²) in [6.07, 6.45) is 0.721. The molecule has 1 aromatic rings. The number of aliphatic imine (C=N–C) groups is 1. The van der Waals surface area contributed by atoms with Crippen molar-refractivity contribution >= 4 is 12.1 Å². The predicted molar refractivity (Wildman–Crippen MR) is 120 cm³/mol. The standard InChI is InChI=1S/C22H37N5O3/c1-22(2,3)30-21(28)27-14-12-26(13-15-27)20(23)24-17-18-7-9-19(10-8-18)29-16-6-11-25(4)5/h7-10H,6,11-17H2,1-5H3,(H2,23,24). The van der Waals surface area contributed by atoms with Crippen molar-refractivity contribution in [1.29, 1.82) is 0 Å². The molecule has 1 heterocycles. The zero-order valence-corrected chi connectivity index (χ0v) is 19.1. The summed E-state index contributed by atoms with van der Waals surface area (Å²) >= 11 is 0. The first-order valence-corrected chi connectivity index (χ1v) is 10.5. The fraction of sp³-hybridized carbons (Fsp3) is 0.636. The van der Waals surface area contributed by atoms with E-state index >= 15 is 0 Å². The summed E-state index contributed by atoms with van der Waals surface area (Å²) in [6.45, 7) is 10.3. The number of guanidine groups is 1. The van der Waals surface area contributed by atoms with Gasteiger partial charge in [0.05, 0.1) is 13.2 Å². The van der Waals surface area contributed by atoms with E-state index in [1.807, 2.05) is 49.9 Å². The Morgan fingerprint density at radius 2 is 1.70 bits per heavy atom. The van der Waals surface area contributed by atoms with Crippen molar-refractivity contribution in [2.24, 2.45) is 10.7 Å². The molecule has 1 amide bonds. The molecule has 0 radical (unpaired) electrons. The third kappa shape index (κ3) is 8.49. The number of amides is 1. The van der Waals surface area contributed by atoms with Gasteiger partial charge in [-0.05, 0) is 59.0 Å². The molecule has 8 heteroatoms. The van der Waals surface area contributed by atoms with Crippen molar-refractivity contribution in [2.75, 3.05) is 53.4 Å². The Balaban J connectivity index is 1.75. The van der Waals surface area contributed by atoms with Crippen molar-refractivity contribution in [3.8, 4) is 5.75 Å². The molecular weight excluding hydrogens is 382 g/mol. The first-order chi connectivity index (χ1) is 14.1. The monoisotopic (exact) mass is 419 g/mol. The van der Waals surface area contributed by atoms with Gasteiger partial charge < -0.3 is 29.9 Å². The number of ether oxygens (including phenoxy) is 2. The molecule has 1 aliphatic rings. The smallest absolute Gasteiger partial charge is 0.410 e. The summed E-state index contributed by atoms with van der Waals surface area (Å²) in [5, 5.41) is 0. The highest BCUT2D eigenvalue weighted by atomic mass is 16.6. The summed E-state index contributed by atoms with van der Waals surface area (Å²) < 4.78 is 11.2. The molecule has 0 spiro atoms. The maximum Gasteiger partial charge on any atom is 0.410 e. The summed E-state index contributed by atoms with van der Waals surface area (Å²) in [7, 11) is 4.11. The Hall–Kier alpha value is -2.48. The van der Waals surface area contributed by atoms with Crippen LogP contribution in [0.2, 0.25) is 0 Å². The number of nitrogens with zero attached hydrogens (tertiary/aromatic N) is 4. The summed E-state index contributed by atoms with van der Waals surface area (Å²) in [5.74, 6) is 1.37. The highest BCUT2D eigenvalue weighted by Crippen LogP contribution is 2.14. The maximum atomic E-state index is 12.2. The first kappa shape index (κ1) is 23.8. The molecule has 2 rings (SSSR count). The molecule has 168 valence electrons. The van der Waals surface area contributed by atoms with Crippen LogP contribution in [-0.4, -0.2) is 85.8 Å². The number of carbonyl (C=O) groups is 1. The minimum absolute atomic E-state index is 0.276. The van der Waals surface area contributed by atoms with Gasteiger partial charge >= 0.3 is 6.09 Å². The van der Waals surface area contributed by atoms with E-state index in [-0.39, 0.29) is 6.09 Å². The molecule has 1 saturated heterocycles. The predicted octanol–water partition coefficient (Wildman–Crippen LogP) is 2.38. The minimum Gasteiger partial charge on any atom is -0.494 e. The second-order valence-electron chi connectivity index (χ2n) is 8.78. The lowest BCUT2D eigenvalue weighted by atomic mass is 10.2. The molecule has 0 aromatic heterocycles. The average Bonchev–Trinajstić information content (AvgIpc) is 2.69. The normalized spacial score (nSPS) is 15.5. The van der Waals surface area contributed by atoms with Crippen molar-refractivity contribution < 1.29 is 14.3 Å². The summed E-state index contributed by atoms with van der Waals surface area (Å²) in [6, 6.07) is 7.96. The van der Waals surface area contributed by atoms with Crippen LogP contribution in [0.4, 0.5) is 4.79 Å². The number of hydrogen-bond donors (Lipinski definition) is 1. The van der Waals surface area contributed by atoms with Crippen molar-refractivity contribution in [3.05, 3.63) is 29.8 Å². The van der Waals surface area contributed by atoms with Gasteiger partial charge in [-0.25, -0.2) is 9.79 Å². The third-order valence-electron chi connectivity index (χ3n) is 4.62. The third-order valence-corrected chi connectivity index (χ3v) is 4.62. The topological polar surface area (TPSA) is 83.6 Å². The van der Waals surface area contributed by atoms with Crippen LogP contribution in [0, 0.1) is 0 Å². The highest BCUT2D eigenvalue weighted by molar-refractivity contribution is 5.78. The van der Waals surface area contributed by atoms with Gasteiger partial charge in [0.1, 0.15) is 11.4 Å². The highest BCUT2D eigenvalue weighted by Gasteiger charge is 2.26. The van der Waals surface area contributed by atoms with Gasteiger partial charge in [0.2, 0.25) is 0 Å². The van der Waals surface area contributed by atoms with Crippen LogP contribution in [-0.2, 0) is 11.3 Å². The molecule has 1 aliphatic heterocycles. The number of carbonyl (C=O) groups excluding carboxylic acids is 1. The fourth-order valence-corrected chi connectivity index (χ4v) is 2.98. The molecule has 0 aliphatic carbocycles. The second kappa shape index (κ2) is 11.1. The summed E-state index contributed by atoms with van der Waals surface area (Å²) in [4.78, 5) is 22.5. The van der Waals surface area contributed by atoms with Gasteiger partial charge in [-0.3, -0.25) is 0 Å². The van der Waals surface area contributed by atoms with Crippen LogP contribution < -0.4 is 10.5 Å². The molecule has 0 unspecified atom stereocenters. The lowest BCUT2D eigenvalue weighted by Gasteiger charge is -2.36. The fourth-order valence-electron chi connectivity index (χ4n) is 2.98. The number of benzene rings is 1. The lowest BCUT2D eigenvalue weighted by Crippen LogP contribution is -2.53. The molecule has 0 saturated carbocycles. The van der Waals surface area contributed by atoms with Gasteiger partial charge in [-0.15, -0.1) is 0 Å². The van der Waals surface area contributed by atoms with Crippen LogP contribution in [0.3, 0.4) is 0 Å². The molecule has 30 heavy (non-hydrogen) atoms. The van der Waals surface area contributed by atoms with E-state index in [1.54, 1.807) is 4.90 Å². The van der Waals surface area contributed by atoms with Crippen LogP contribution in [0.1, 0.15) is 32.8 Å². The van der Waals surface area contributed by atoms with E-state index in [0.29, 0.717) is 45.3 Å². The van der Waals surface area contributed by atoms with E-state index < -0.39 is 5.60 Å². The van der Waals surface area contributed by atoms with Crippen LogP contribution in [0.15, 0.2) is 29.3 Å². The van der Waals surface area contributed by atoms with Gasteiger partial charge in [-0.2, -0.15) is 0 Å². The molecule has 8 nitrogen and oxygen atoms in total. The number of nitrogens with two attached hydrogens (primary N) is 1. The van der Waals surface area contributed by atoms with E-state index in [9.17, 15) is 4.79 Å². The lowest BCUT2D eigenvalue weighted by molar-refractivity contribution is 0.0186. The average molecular weight is 420 g/mol. The van der Waals surface area contributed by atoms with Crippen LogP contribution >= 0.6 is 0 Å². The number of piperazine rings is 1.